The fourth-order valence-electron chi connectivity index (χ4n) is 1.21. The summed E-state index contributed by atoms with van der Waals surface area (Å²) in [5.41, 5.74) is 0.898. The van der Waals surface area contributed by atoms with Gasteiger partial charge in [0, 0.05) is 10.6 Å². The van der Waals surface area contributed by atoms with Crippen molar-refractivity contribution in [1.29, 1.82) is 0 Å². The van der Waals surface area contributed by atoms with E-state index in [1.165, 1.54) is 0 Å². The summed E-state index contributed by atoms with van der Waals surface area (Å²) in [4.78, 5) is 0.927. The quantitative estimate of drug-likeness (QED) is 0.726. The predicted octanol–water partition coefficient (Wildman–Crippen LogP) is 3.13. The van der Waals surface area contributed by atoms with Gasteiger partial charge in [-0.3, -0.25) is 0 Å². The Labute approximate surface area is 84.7 Å². The molecule has 1 aliphatic heterocycles. The van der Waals surface area contributed by atoms with Gasteiger partial charge in [0.2, 0.25) is 0 Å². The third kappa shape index (κ3) is 1.23. The van der Waals surface area contributed by atoms with Gasteiger partial charge in [0.25, 0.3) is 0 Å². The van der Waals surface area contributed by atoms with E-state index in [0.29, 0.717) is 15.8 Å². The number of rotatable bonds is 0. The molecule has 1 aliphatic rings. The Balaban J connectivity index is 2.60. The molecule has 12 heavy (non-hydrogen) atoms. The smallest absolute Gasteiger partial charge is 0.0895 e. The highest BCUT2D eigenvalue weighted by Gasteiger charge is 2.24. The van der Waals surface area contributed by atoms with E-state index in [-0.39, 0.29) is 6.10 Å². The largest absolute Gasteiger partial charge is 0.387 e. The van der Waals surface area contributed by atoms with Crippen LogP contribution in [0.5, 0.6) is 0 Å². The van der Waals surface area contributed by atoms with Crippen LogP contribution in [0.25, 0.3) is 0 Å². The molecule has 0 amide bonds. The lowest BCUT2D eigenvalue weighted by Gasteiger charge is -2.04. The van der Waals surface area contributed by atoms with E-state index < -0.39 is 0 Å². The van der Waals surface area contributed by atoms with Gasteiger partial charge in [-0.2, -0.15) is 0 Å². The summed E-state index contributed by atoms with van der Waals surface area (Å²) in [6, 6.07) is 3.55. The maximum Gasteiger partial charge on any atom is 0.0895 e. The molecule has 0 aromatic heterocycles. The maximum absolute atomic E-state index is 9.47. The predicted molar refractivity (Wildman–Crippen MR) is 52.1 cm³/mol. The molecule has 1 atom stereocenters. The van der Waals surface area contributed by atoms with Crippen LogP contribution in [0.15, 0.2) is 17.0 Å². The molecule has 4 heteroatoms. The molecule has 1 nitrogen and oxygen atoms in total. The maximum atomic E-state index is 9.47. The van der Waals surface area contributed by atoms with Crippen LogP contribution in [0.4, 0.5) is 0 Å². The van der Waals surface area contributed by atoms with Gasteiger partial charge < -0.3 is 5.11 Å². The molecule has 0 radical (unpaired) electrons. The number of halogens is 2. The summed E-state index contributed by atoms with van der Waals surface area (Å²) in [5.74, 6) is 0.676. The lowest BCUT2D eigenvalue weighted by Crippen LogP contribution is -1.92. The van der Waals surface area contributed by atoms with E-state index in [4.69, 9.17) is 23.2 Å². The van der Waals surface area contributed by atoms with Crippen molar-refractivity contribution < 1.29 is 5.11 Å². The molecule has 1 heterocycles. The third-order valence-electron chi connectivity index (χ3n) is 1.82. The zero-order valence-electron chi connectivity index (χ0n) is 6.05. The molecule has 0 aliphatic carbocycles. The van der Waals surface area contributed by atoms with Gasteiger partial charge in [-0.05, 0) is 11.6 Å². The first-order valence-corrected chi connectivity index (χ1v) is 5.23. The van der Waals surface area contributed by atoms with Crippen LogP contribution < -0.4 is 0 Å². The van der Waals surface area contributed by atoms with Crippen molar-refractivity contribution in [2.24, 2.45) is 0 Å². The third-order valence-corrected chi connectivity index (χ3v) is 3.95. The van der Waals surface area contributed by atoms with E-state index in [9.17, 15) is 5.11 Å². The summed E-state index contributed by atoms with van der Waals surface area (Å²) < 4.78 is 0. The van der Waals surface area contributed by atoms with Crippen LogP contribution in [0.2, 0.25) is 10.0 Å². The molecule has 0 bridgehead atoms. The Hall–Kier alpha value is 0.110. The highest BCUT2D eigenvalue weighted by Crippen LogP contribution is 2.44. The molecule has 1 aromatic carbocycles. The van der Waals surface area contributed by atoms with Crippen LogP contribution in [-0.4, -0.2) is 10.9 Å². The normalized spacial score (nSPS) is 21.1. The molecule has 0 spiro atoms. The minimum absolute atomic E-state index is 0.389. The molecule has 64 valence electrons. The monoisotopic (exact) mass is 220 g/mol. The van der Waals surface area contributed by atoms with Gasteiger partial charge in [0.15, 0.2) is 0 Å². The standard InChI is InChI=1S/C8H6Cl2OS/c9-5-2-1-4-6(11)3-12-8(4)7(5)10/h1-2,6,11H,3H2. The van der Waals surface area contributed by atoms with Gasteiger partial charge in [0.1, 0.15) is 0 Å². The highest BCUT2D eigenvalue weighted by molar-refractivity contribution is 7.99. The molecule has 0 saturated heterocycles. The number of thioether (sulfide) groups is 1. The van der Waals surface area contributed by atoms with Crippen LogP contribution in [0, 0.1) is 0 Å². The van der Waals surface area contributed by atoms with Gasteiger partial charge >= 0.3 is 0 Å². The van der Waals surface area contributed by atoms with Crippen molar-refractivity contribution in [2.45, 2.75) is 11.0 Å². The molecule has 2 rings (SSSR count). The number of benzene rings is 1. The fraction of sp³-hybridized carbons (Fsp3) is 0.250. The second-order valence-corrected chi connectivity index (χ2v) is 4.42. The van der Waals surface area contributed by atoms with Crippen LogP contribution >= 0.6 is 35.0 Å². The number of hydrogen-bond donors (Lipinski definition) is 1. The van der Waals surface area contributed by atoms with Crippen LogP contribution in [0.3, 0.4) is 0 Å². The molecular weight excluding hydrogens is 215 g/mol. The van der Waals surface area contributed by atoms with Crippen molar-refractivity contribution in [3.05, 3.63) is 27.7 Å². The average molecular weight is 221 g/mol. The minimum Gasteiger partial charge on any atom is -0.387 e. The highest BCUT2D eigenvalue weighted by atomic mass is 35.5. The van der Waals surface area contributed by atoms with Crippen LogP contribution in [0.1, 0.15) is 11.7 Å². The van der Waals surface area contributed by atoms with Gasteiger partial charge in [-0.1, -0.05) is 29.3 Å². The van der Waals surface area contributed by atoms with E-state index in [0.717, 1.165) is 10.5 Å². The first-order chi connectivity index (χ1) is 5.70. The van der Waals surface area contributed by atoms with E-state index >= 15 is 0 Å². The average Bonchev–Trinajstić information content (AvgIpc) is 2.41. The Bertz CT molecular complexity index is 327. The molecule has 0 fully saturated rings. The Morgan fingerprint density at radius 3 is 2.92 bits per heavy atom. The molecule has 1 aromatic rings. The van der Waals surface area contributed by atoms with Gasteiger partial charge in [-0.15, -0.1) is 11.8 Å². The van der Waals surface area contributed by atoms with Gasteiger partial charge in [-0.25, -0.2) is 0 Å². The summed E-state index contributed by atoms with van der Waals surface area (Å²) >= 11 is 13.3. The zero-order chi connectivity index (χ0) is 8.72. The second kappa shape index (κ2) is 3.11. The fourth-order valence-corrected chi connectivity index (χ4v) is 2.87. The number of aliphatic hydroxyl groups excluding tert-OH is 1. The van der Waals surface area contributed by atoms with Crippen molar-refractivity contribution in [1.82, 2.24) is 0 Å². The second-order valence-electron chi connectivity index (χ2n) is 2.61. The molecule has 1 unspecified atom stereocenters. The summed E-state index contributed by atoms with van der Waals surface area (Å²) in [6.45, 7) is 0. The number of fused-ring (bicyclic) bond motifs is 1. The lowest BCUT2D eigenvalue weighted by molar-refractivity contribution is 0.205. The van der Waals surface area contributed by atoms with Crippen molar-refractivity contribution >= 4 is 35.0 Å². The minimum atomic E-state index is -0.389. The van der Waals surface area contributed by atoms with Crippen LogP contribution in [-0.2, 0) is 0 Å². The number of hydrogen-bond acceptors (Lipinski definition) is 2. The summed E-state index contributed by atoms with van der Waals surface area (Å²) in [6.07, 6.45) is -0.389. The molecule has 1 N–H and O–H groups in total. The van der Waals surface area contributed by atoms with E-state index in [1.807, 2.05) is 6.07 Å². The Kier molecular flexibility index (Phi) is 2.25. The molecule has 0 saturated carbocycles. The first-order valence-electron chi connectivity index (χ1n) is 3.49. The van der Waals surface area contributed by atoms with E-state index in [1.54, 1.807) is 17.8 Å². The topological polar surface area (TPSA) is 20.2 Å². The Morgan fingerprint density at radius 1 is 1.42 bits per heavy atom. The van der Waals surface area contributed by atoms with Crippen molar-refractivity contribution in [3.63, 3.8) is 0 Å². The number of aliphatic hydroxyl groups is 1. The molecular formula is C8H6Cl2OS. The zero-order valence-corrected chi connectivity index (χ0v) is 8.38. The van der Waals surface area contributed by atoms with Crippen molar-refractivity contribution in [3.8, 4) is 0 Å². The summed E-state index contributed by atoms with van der Waals surface area (Å²) in [5, 5.41) is 10.6. The summed E-state index contributed by atoms with van der Waals surface area (Å²) in [7, 11) is 0. The van der Waals surface area contributed by atoms with Gasteiger partial charge in [0.05, 0.1) is 16.1 Å². The van der Waals surface area contributed by atoms with Crippen molar-refractivity contribution in [2.75, 3.05) is 5.75 Å². The van der Waals surface area contributed by atoms with E-state index in [2.05, 4.69) is 0 Å². The lowest BCUT2D eigenvalue weighted by atomic mass is 10.1. The SMILES string of the molecule is OC1CSc2c1ccc(Cl)c2Cl. The Morgan fingerprint density at radius 2 is 2.17 bits per heavy atom. The first kappa shape index (κ1) is 8.70.